The van der Waals surface area contributed by atoms with Crippen LogP contribution in [0.2, 0.25) is 0 Å². The minimum Gasteiger partial charge on any atom is -0.493 e. The molecule has 2 N–H and O–H groups in total. The fraction of sp³-hybridized carbons (Fsp3) is 0.632. The van der Waals surface area contributed by atoms with Crippen LogP contribution in [0.4, 0.5) is 8.78 Å². The monoisotopic (exact) mass is 515 g/mol. The lowest BCUT2D eigenvalue weighted by molar-refractivity contribution is -0.0505. The van der Waals surface area contributed by atoms with E-state index in [-0.39, 0.29) is 42.4 Å². The molecular weight excluding hydrogens is 483 g/mol. The third-order valence-electron chi connectivity index (χ3n) is 3.46. The molecule has 0 amide bonds. The highest BCUT2D eigenvalue weighted by atomic mass is 127. The Morgan fingerprint density at radius 2 is 1.93 bits per heavy atom. The predicted octanol–water partition coefficient (Wildman–Crippen LogP) is 4.17. The molecule has 0 aliphatic carbocycles. The standard InChI is InChI=1S/C19H31F2N3O3.HI/c1-5-10-26-16-8-7-15(17(12-16)27-18(20)21)13-24-19(22-4)23-9-6-11-25-14(2)3;/h7-8,12,14,18H,5-6,9-11,13H2,1-4H3,(H2,22,23,24);1H. The van der Waals surface area contributed by atoms with Crippen LogP contribution in [-0.4, -0.2) is 45.5 Å². The van der Waals surface area contributed by atoms with Crippen molar-refractivity contribution >= 4 is 29.9 Å². The summed E-state index contributed by atoms with van der Waals surface area (Å²) in [5.41, 5.74) is 0.588. The SMILES string of the molecule is CCCOc1ccc(CNC(=NC)NCCCOC(C)C)c(OC(F)F)c1.I. The number of halogens is 3. The van der Waals surface area contributed by atoms with Crippen LogP contribution in [0.3, 0.4) is 0 Å². The molecule has 6 nitrogen and oxygen atoms in total. The molecule has 0 spiro atoms. The maximum absolute atomic E-state index is 12.7. The van der Waals surface area contributed by atoms with Crippen LogP contribution in [0.5, 0.6) is 11.5 Å². The second-order valence-corrected chi connectivity index (χ2v) is 6.12. The van der Waals surface area contributed by atoms with Crippen LogP contribution in [0, 0.1) is 0 Å². The summed E-state index contributed by atoms with van der Waals surface area (Å²) in [5.74, 6) is 1.17. The zero-order chi connectivity index (χ0) is 20.1. The molecule has 0 aliphatic heterocycles. The van der Waals surface area contributed by atoms with Gasteiger partial charge in [-0.15, -0.1) is 24.0 Å². The Morgan fingerprint density at radius 1 is 1.18 bits per heavy atom. The Hall–Kier alpha value is -1.36. The van der Waals surface area contributed by atoms with E-state index in [0.717, 1.165) is 12.8 Å². The van der Waals surface area contributed by atoms with Crippen molar-refractivity contribution in [3.63, 3.8) is 0 Å². The van der Waals surface area contributed by atoms with Gasteiger partial charge in [-0.25, -0.2) is 0 Å². The van der Waals surface area contributed by atoms with Crippen molar-refractivity contribution in [1.82, 2.24) is 10.6 Å². The molecule has 9 heteroatoms. The Balaban J connectivity index is 0.00000729. The Morgan fingerprint density at radius 3 is 2.54 bits per heavy atom. The van der Waals surface area contributed by atoms with Crippen LogP contribution in [0.1, 0.15) is 39.2 Å². The first-order valence-electron chi connectivity index (χ1n) is 9.22. The fourth-order valence-corrected chi connectivity index (χ4v) is 2.19. The summed E-state index contributed by atoms with van der Waals surface area (Å²) in [6.07, 6.45) is 1.88. The molecule has 0 atom stereocenters. The number of ether oxygens (including phenoxy) is 3. The zero-order valence-corrected chi connectivity index (χ0v) is 19.3. The van der Waals surface area contributed by atoms with E-state index in [1.807, 2.05) is 20.8 Å². The lowest BCUT2D eigenvalue weighted by Crippen LogP contribution is -2.37. The fourth-order valence-electron chi connectivity index (χ4n) is 2.19. The third kappa shape index (κ3) is 11.5. The number of nitrogens with zero attached hydrogens (tertiary/aromatic N) is 1. The van der Waals surface area contributed by atoms with E-state index in [0.29, 0.717) is 37.0 Å². The van der Waals surface area contributed by atoms with Crippen LogP contribution in [0.25, 0.3) is 0 Å². The Labute approximate surface area is 183 Å². The second-order valence-electron chi connectivity index (χ2n) is 6.12. The van der Waals surface area contributed by atoms with Gasteiger partial charge in [0.2, 0.25) is 0 Å². The van der Waals surface area contributed by atoms with E-state index < -0.39 is 6.61 Å². The molecule has 0 unspecified atom stereocenters. The smallest absolute Gasteiger partial charge is 0.387 e. The van der Waals surface area contributed by atoms with Crippen molar-refractivity contribution in [2.45, 2.75) is 52.9 Å². The molecule has 0 fully saturated rings. The number of hydrogen-bond acceptors (Lipinski definition) is 4. The molecule has 0 radical (unpaired) electrons. The van der Waals surface area contributed by atoms with Gasteiger partial charge in [0.15, 0.2) is 5.96 Å². The minimum atomic E-state index is -2.90. The largest absolute Gasteiger partial charge is 0.493 e. The van der Waals surface area contributed by atoms with Gasteiger partial charge in [-0.1, -0.05) is 6.92 Å². The molecule has 0 bridgehead atoms. The van der Waals surface area contributed by atoms with Gasteiger partial charge in [0.05, 0.1) is 12.7 Å². The Bertz CT molecular complexity index is 575. The van der Waals surface area contributed by atoms with E-state index in [9.17, 15) is 8.78 Å². The van der Waals surface area contributed by atoms with Gasteiger partial charge < -0.3 is 24.8 Å². The highest BCUT2D eigenvalue weighted by Gasteiger charge is 2.12. The van der Waals surface area contributed by atoms with Crippen molar-refractivity contribution in [3.05, 3.63) is 23.8 Å². The average Bonchev–Trinajstić information content (AvgIpc) is 2.62. The number of alkyl halides is 2. The van der Waals surface area contributed by atoms with E-state index >= 15 is 0 Å². The second kappa shape index (κ2) is 15.5. The summed E-state index contributed by atoms with van der Waals surface area (Å²) in [6.45, 7) is 5.22. The number of guanidine groups is 1. The van der Waals surface area contributed by atoms with Crippen LogP contribution in [0.15, 0.2) is 23.2 Å². The maximum atomic E-state index is 12.7. The first kappa shape index (κ1) is 26.6. The number of benzene rings is 1. The first-order valence-corrected chi connectivity index (χ1v) is 9.22. The molecule has 1 rings (SSSR count). The molecule has 0 saturated carbocycles. The van der Waals surface area contributed by atoms with Gasteiger partial charge in [-0.3, -0.25) is 4.99 Å². The van der Waals surface area contributed by atoms with Gasteiger partial charge in [0.1, 0.15) is 11.5 Å². The third-order valence-corrected chi connectivity index (χ3v) is 3.46. The Kier molecular flexibility index (Phi) is 14.8. The van der Waals surface area contributed by atoms with E-state index in [4.69, 9.17) is 9.47 Å². The summed E-state index contributed by atoms with van der Waals surface area (Å²) in [6, 6.07) is 4.93. The van der Waals surface area contributed by atoms with Gasteiger partial charge in [0, 0.05) is 38.4 Å². The van der Waals surface area contributed by atoms with Crippen molar-refractivity contribution in [1.29, 1.82) is 0 Å². The van der Waals surface area contributed by atoms with E-state index in [1.165, 1.54) is 6.07 Å². The summed E-state index contributed by atoms with van der Waals surface area (Å²) in [5, 5.41) is 6.25. The van der Waals surface area contributed by atoms with Crippen LogP contribution >= 0.6 is 24.0 Å². The van der Waals surface area contributed by atoms with Crippen molar-refractivity contribution in [3.8, 4) is 11.5 Å². The van der Waals surface area contributed by atoms with E-state index in [1.54, 1.807) is 19.2 Å². The maximum Gasteiger partial charge on any atom is 0.387 e. The summed E-state index contributed by atoms with van der Waals surface area (Å²) in [7, 11) is 1.65. The quantitative estimate of drug-likeness (QED) is 0.189. The van der Waals surface area contributed by atoms with Crippen molar-refractivity contribution in [2.75, 3.05) is 26.8 Å². The summed E-state index contributed by atoms with van der Waals surface area (Å²) in [4.78, 5) is 4.12. The van der Waals surface area contributed by atoms with Gasteiger partial charge in [-0.2, -0.15) is 8.78 Å². The highest BCUT2D eigenvalue weighted by Crippen LogP contribution is 2.26. The average molecular weight is 515 g/mol. The molecule has 0 heterocycles. The van der Waals surface area contributed by atoms with Crippen LogP contribution < -0.4 is 20.1 Å². The molecule has 0 saturated heterocycles. The normalized spacial score (nSPS) is 11.4. The number of rotatable bonds is 12. The van der Waals surface area contributed by atoms with Crippen molar-refractivity contribution < 1.29 is 23.0 Å². The summed E-state index contributed by atoms with van der Waals surface area (Å²) < 4.78 is 41.0. The molecule has 28 heavy (non-hydrogen) atoms. The summed E-state index contributed by atoms with van der Waals surface area (Å²) >= 11 is 0. The molecule has 1 aromatic carbocycles. The van der Waals surface area contributed by atoms with Gasteiger partial charge in [-0.05, 0) is 38.8 Å². The first-order chi connectivity index (χ1) is 13.0. The van der Waals surface area contributed by atoms with Crippen LogP contribution in [-0.2, 0) is 11.3 Å². The highest BCUT2D eigenvalue weighted by molar-refractivity contribution is 14.0. The molecule has 0 aliphatic rings. The molecule has 0 aromatic heterocycles. The van der Waals surface area contributed by atoms with E-state index in [2.05, 4.69) is 20.4 Å². The van der Waals surface area contributed by atoms with Gasteiger partial charge in [0.25, 0.3) is 0 Å². The van der Waals surface area contributed by atoms with Gasteiger partial charge >= 0.3 is 6.61 Å². The lowest BCUT2D eigenvalue weighted by Gasteiger charge is -2.16. The molecular formula is C19H32F2IN3O3. The molecule has 162 valence electrons. The molecule has 1 aromatic rings. The van der Waals surface area contributed by atoms with Crippen molar-refractivity contribution in [2.24, 2.45) is 4.99 Å². The predicted molar refractivity (Wildman–Crippen MR) is 118 cm³/mol. The zero-order valence-electron chi connectivity index (χ0n) is 17.0. The topological polar surface area (TPSA) is 64.1 Å². The minimum absolute atomic E-state index is 0. The number of aliphatic imine (C=N–C) groups is 1. The number of nitrogens with one attached hydrogen (secondary N) is 2. The lowest BCUT2D eigenvalue weighted by atomic mass is 10.2. The number of hydrogen-bond donors (Lipinski definition) is 2.